The van der Waals surface area contributed by atoms with Gasteiger partial charge in [0.2, 0.25) is 0 Å². The van der Waals surface area contributed by atoms with Crippen molar-refractivity contribution in [3.8, 4) is 5.75 Å². The van der Waals surface area contributed by atoms with E-state index in [0.717, 1.165) is 49.2 Å². The van der Waals surface area contributed by atoms with Gasteiger partial charge in [0.25, 0.3) is 0 Å². The van der Waals surface area contributed by atoms with E-state index in [1.54, 1.807) is 0 Å². The predicted octanol–water partition coefficient (Wildman–Crippen LogP) is 6.14. The molecule has 148 valence electrons. The van der Waals surface area contributed by atoms with E-state index in [4.69, 9.17) is 10.1 Å². The van der Waals surface area contributed by atoms with Crippen LogP contribution in [0.3, 0.4) is 0 Å². The van der Waals surface area contributed by atoms with Gasteiger partial charge in [0.15, 0.2) is 0 Å². The Bertz CT molecular complexity index is 611. The molecule has 0 aliphatic heterocycles. The molecule has 0 spiro atoms. The fraction of sp³-hybridized carbons (Fsp3) is 0.667. The van der Waals surface area contributed by atoms with Crippen LogP contribution < -0.4 is 4.74 Å². The van der Waals surface area contributed by atoms with E-state index in [1.165, 1.54) is 50.3 Å². The van der Waals surface area contributed by atoms with Crippen LogP contribution in [0.25, 0.3) is 0 Å². The summed E-state index contributed by atoms with van der Waals surface area (Å²) in [6, 6.07) is 6.47. The number of hydrogen-bond acceptors (Lipinski definition) is 3. The van der Waals surface area contributed by atoms with Crippen molar-refractivity contribution in [2.75, 3.05) is 6.61 Å². The van der Waals surface area contributed by atoms with Gasteiger partial charge >= 0.3 is 0 Å². The van der Waals surface area contributed by atoms with Crippen molar-refractivity contribution in [2.24, 2.45) is 17.8 Å². The molecular weight excluding hydrogens is 334 g/mol. The molecule has 2 aliphatic carbocycles. The van der Waals surface area contributed by atoms with Crippen LogP contribution in [0.15, 0.2) is 18.2 Å². The summed E-state index contributed by atoms with van der Waals surface area (Å²) < 4.78 is 6.09. The van der Waals surface area contributed by atoms with Gasteiger partial charge in [0, 0.05) is 17.7 Å². The summed E-state index contributed by atoms with van der Waals surface area (Å²) in [5.41, 5.74) is 2.28. The number of aldehydes is 1. The summed E-state index contributed by atoms with van der Waals surface area (Å²) in [5.74, 6) is 3.19. The second-order valence-electron chi connectivity index (χ2n) is 8.68. The molecule has 2 fully saturated rings. The van der Waals surface area contributed by atoms with Crippen LogP contribution in [0, 0.1) is 23.2 Å². The van der Waals surface area contributed by atoms with Gasteiger partial charge in [0.1, 0.15) is 12.0 Å². The minimum Gasteiger partial charge on any atom is -0.493 e. The molecule has 0 aromatic heterocycles. The van der Waals surface area contributed by atoms with E-state index in [2.05, 4.69) is 25.1 Å². The highest BCUT2D eigenvalue weighted by molar-refractivity contribution is 5.81. The first-order valence-corrected chi connectivity index (χ1v) is 11.0. The van der Waals surface area contributed by atoms with E-state index in [9.17, 15) is 4.79 Å². The first-order valence-electron chi connectivity index (χ1n) is 11.0. The van der Waals surface area contributed by atoms with Crippen molar-refractivity contribution in [2.45, 2.75) is 77.0 Å². The lowest BCUT2D eigenvalue weighted by Gasteiger charge is -2.29. The Balaban J connectivity index is 1.55. The monoisotopic (exact) mass is 369 g/mol. The molecule has 1 aromatic rings. The zero-order valence-electron chi connectivity index (χ0n) is 16.8. The third-order valence-corrected chi connectivity index (χ3v) is 6.76. The zero-order chi connectivity index (χ0) is 19.1. The molecule has 3 rings (SSSR count). The maximum Gasteiger partial charge on any atom is 0.128 e. The van der Waals surface area contributed by atoms with Gasteiger partial charge in [-0.1, -0.05) is 25.8 Å². The molecule has 0 unspecified atom stereocenters. The second kappa shape index (κ2) is 10.1. The third kappa shape index (κ3) is 5.43. The zero-order valence-corrected chi connectivity index (χ0v) is 16.8. The van der Waals surface area contributed by atoms with E-state index in [1.807, 2.05) is 0 Å². The van der Waals surface area contributed by atoms with Crippen molar-refractivity contribution < 1.29 is 9.53 Å². The summed E-state index contributed by atoms with van der Waals surface area (Å²) in [6.45, 7) is 2.99. The van der Waals surface area contributed by atoms with Gasteiger partial charge < -0.3 is 14.9 Å². The number of carbonyl (C=O) groups excluding carboxylic acids is 1. The van der Waals surface area contributed by atoms with E-state index < -0.39 is 0 Å². The first kappa shape index (κ1) is 20.1. The van der Waals surface area contributed by atoms with Gasteiger partial charge in [-0.05, 0) is 86.8 Å². The van der Waals surface area contributed by atoms with Gasteiger partial charge in [-0.2, -0.15) is 0 Å². The van der Waals surface area contributed by atoms with E-state index in [-0.39, 0.29) is 5.92 Å². The van der Waals surface area contributed by atoms with Crippen LogP contribution >= 0.6 is 0 Å². The van der Waals surface area contributed by atoms with Crippen LogP contribution in [-0.2, 0) is 4.79 Å². The maximum absolute atomic E-state index is 10.9. The fourth-order valence-corrected chi connectivity index (χ4v) is 4.96. The van der Waals surface area contributed by atoms with Crippen molar-refractivity contribution in [1.82, 2.24) is 0 Å². The molecule has 3 nitrogen and oxygen atoms in total. The molecule has 0 heterocycles. The Morgan fingerprint density at radius 2 is 1.74 bits per heavy atom. The Hall–Kier alpha value is -1.64. The maximum atomic E-state index is 10.9. The second-order valence-corrected chi connectivity index (χ2v) is 8.68. The molecule has 0 bridgehead atoms. The highest BCUT2D eigenvalue weighted by atomic mass is 16.5. The molecule has 0 radical (unpaired) electrons. The fourth-order valence-electron chi connectivity index (χ4n) is 4.96. The molecule has 0 saturated heterocycles. The van der Waals surface area contributed by atoms with Crippen LogP contribution in [0.2, 0.25) is 0 Å². The van der Waals surface area contributed by atoms with Crippen LogP contribution in [0.5, 0.6) is 5.75 Å². The van der Waals surface area contributed by atoms with Crippen molar-refractivity contribution in [1.29, 1.82) is 5.41 Å². The summed E-state index contributed by atoms with van der Waals surface area (Å²) >= 11 is 0. The van der Waals surface area contributed by atoms with Crippen molar-refractivity contribution >= 4 is 12.5 Å². The van der Waals surface area contributed by atoms with Gasteiger partial charge in [0.05, 0.1) is 6.61 Å². The minimum atomic E-state index is 0.255. The topological polar surface area (TPSA) is 50.2 Å². The third-order valence-electron chi connectivity index (χ3n) is 6.76. The van der Waals surface area contributed by atoms with Crippen LogP contribution in [-0.4, -0.2) is 19.1 Å². The lowest BCUT2D eigenvalue weighted by Crippen LogP contribution is -2.21. The molecule has 0 amide bonds. The summed E-state index contributed by atoms with van der Waals surface area (Å²) in [5, 5.41) is 7.81. The summed E-state index contributed by atoms with van der Waals surface area (Å²) in [7, 11) is 0. The average molecular weight is 370 g/mol. The molecule has 1 N–H and O–H groups in total. The number of carbonyl (C=O) groups is 1. The normalized spacial score (nSPS) is 28.5. The largest absolute Gasteiger partial charge is 0.493 e. The average Bonchev–Trinajstić information content (AvgIpc) is 2.73. The standard InChI is InChI=1S/C24H35NO2/c1-2-3-18-8-10-21(11-9-18)22-12-13-24(23(14-22)15-25)27-17-20-6-4-19(16-26)5-7-20/h12-16,18-21,25H,2-11,17H2,1H3. The van der Waals surface area contributed by atoms with Gasteiger partial charge in [-0.25, -0.2) is 0 Å². The molecule has 27 heavy (non-hydrogen) atoms. The molecular formula is C24H35NO2. The van der Waals surface area contributed by atoms with Gasteiger partial charge in [-0.15, -0.1) is 0 Å². The molecule has 0 atom stereocenters. The highest BCUT2D eigenvalue weighted by Gasteiger charge is 2.23. The Morgan fingerprint density at radius 3 is 2.37 bits per heavy atom. The Morgan fingerprint density at radius 1 is 1.04 bits per heavy atom. The summed E-state index contributed by atoms with van der Waals surface area (Å²) in [4.78, 5) is 10.9. The van der Waals surface area contributed by atoms with E-state index in [0.29, 0.717) is 18.4 Å². The number of hydrogen-bond donors (Lipinski definition) is 1. The molecule has 1 aromatic carbocycles. The predicted molar refractivity (Wildman–Crippen MR) is 111 cm³/mol. The quantitative estimate of drug-likeness (QED) is 0.442. The first-order chi connectivity index (χ1) is 13.2. The van der Waals surface area contributed by atoms with E-state index >= 15 is 0 Å². The lowest BCUT2D eigenvalue weighted by molar-refractivity contribution is -0.112. The molecule has 2 aliphatic rings. The molecule has 3 heteroatoms. The van der Waals surface area contributed by atoms with Crippen LogP contribution in [0.1, 0.15) is 88.2 Å². The number of rotatable bonds is 8. The van der Waals surface area contributed by atoms with Crippen LogP contribution in [0.4, 0.5) is 0 Å². The van der Waals surface area contributed by atoms with Gasteiger partial charge in [-0.3, -0.25) is 0 Å². The minimum absolute atomic E-state index is 0.255. The number of nitrogens with one attached hydrogen (secondary N) is 1. The lowest BCUT2D eigenvalue weighted by atomic mass is 9.77. The number of benzene rings is 1. The van der Waals surface area contributed by atoms with Crippen molar-refractivity contribution in [3.63, 3.8) is 0 Å². The SMILES string of the molecule is CCCC1CCC(c2ccc(OCC3CCC(C=O)CC3)c(C=N)c2)CC1. The number of ether oxygens (including phenoxy) is 1. The summed E-state index contributed by atoms with van der Waals surface area (Å²) in [6.07, 6.45) is 14.6. The Labute approximate surface area is 164 Å². The molecule has 2 saturated carbocycles. The highest BCUT2D eigenvalue weighted by Crippen LogP contribution is 2.38. The van der Waals surface area contributed by atoms with Crippen molar-refractivity contribution in [3.05, 3.63) is 29.3 Å². The smallest absolute Gasteiger partial charge is 0.128 e. The Kier molecular flexibility index (Phi) is 7.49.